The quantitative estimate of drug-likeness (QED) is 0.582. The van der Waals surface area contributed by atoms with E-state index in [1.165, 1.54) is 12.8 Å². The van der Waals surface area contributed by atoms with E-state index in [1.807, 2.05) is 6.92 Å². The molecule has 1 saturated carbocycles. The first-order chi connectivity index (χ1) is 5.27. The predicted molar refractivity (Wildman–Crippen MR) is 43.1 cm³/mol. The molecule has 2 heteroatoms. The van der Waals surface area contributed by atoms with Crippen molar-refractivity contribution in [1.29, 1.82) is 0 Å². The van der Waals surface area contributed by atoms with Crippen LogP contribution in [0.4, 0.5) is 0 Å². The first-order valence-corrected chi connectivity index (χ1v) is 4.43. The molecule has 0 spiro atoms. The molecule has 0 bridgehead atoms. The molecule has 0 N–H and O–H groups in total. The molecule has 0 aromatic heterocycles. The summed E-state index contributed by atoms with van der Waals surface area (Å²) < 4.78 is 4.85. The Balaban J connectivity index is 2.08. The maximum atomic E-state index is 10.9. The summed E-state index contributed by atoms with van der Waals surface area (Å²) in [6.45, 7) is 4.54. The lowest BCUT2D eigenvalue weighted by molar-refractivity contribution is -0.143. The topological polar surface area (TPSA) is 26.3 Å². The summed E-state index contributed by atoms with van der Waals surface area (Å²) in [6, 6.07) is 0. The van der Waals surface area contributed by atoms with Gasteiger partial charge in [-0.3, -0.25) is 4.79 Å². The summed E-state index contributed by atoms with van der Waals surface area (Å²) in [4.78, 5) is 10.9. The highest BCUT2D eigenvalue weighted by Crippen LogP contribution is 2.43. The molecule has 1 fully saturated rings. The molecule has 0 aromatic rings. The van der Waals surface area contributed by atoms with E-state index in [2.05, 4.69) is 6.92 Å². The second-order valence-electron chi connectivity index (χ2n) is 3.17. The number of esters is 1. The molecule has 2 atom stereocenters. The zero-order chi connectivity index (χ0) is 8.27. The van der Waals surface area contributed by atoms with E-state index < -0.39 is 0 Å². The van der Waals surface area contributed by atoms with Crippen molar-refractivity contribution in [1.82, 2.24) is 0 Å². The Kier molecular flexibility index (Phi) is 2.92. The monoisotopic (exact) mass is 156 g/mol. The van der Waals surface area contributed by atoms with Gasteiger partial charge in [0, 0.05) is 6.42 Å². The van der Waals surface area contributed by atoms with Crippen LogP contribution < -0.4 is 0 Å². The van der Waals surface area contributed by atoms with Crippen molar-refractivity contribution < 1.29 is 9.53 Å². The van der Waals surface area contributed by atoms with Crippen LogP contribution in [0.3, 0.4) is 0 Å². The fourth-order valence-electron chi connectivity index (χ4n) is 1.49. The minimum absolute atomic E-state index is 0.0200. The Bertz CT molecular complexity index is 142. The van der Waals surface area contributed by atoms with Crippen molar-refractivity contribution in [2.45, 2.75) is 33.1 Å². The summed E-state index contributed by atoms with van der Waals surface area (Å²) in [6.07, 6.45) is 3.09. The second-order valence-corrected chi connectivity index (χ2v) is 3.17. The van der Waals surface area contributed by atoms with Crippen LogP contribution in [0.15, 0.2) is 0 Å². The lowest BCUT2D eigenvalue weighted by Crippen LogP contribution is -2.04. The Morgan fingerprint density at radius 1 is 1.45 bits per heavy atom. The fraction of sp³-hybridized carbons (Fsp3) is 0.889. The van der Waals surface area contributed by atoms with Gasteiger partial charge in [-0.1, -0.05) is 13.3 Å². The minimum Gasteiger partial charge on any atom is -0.466 e. The van der Waals surface area contributed by atoms with Crippen molar-refractivity contribution in [3.63, 3.8) is 0 Å². The first-order valence-electron chi connectivity index (χ1n) is 4.43. The molecule has 11 heavy (non-hydrogen) atoms. The first kappa shape index (κ1) is 8.57. The van der Waals surface area contributed by atoms with Crippen molar-refractivity contribution in [3.05, 3.63) is 0 Å². The summed E-state index contributed by atoms with van der Waals surface area (Å²) >= 11 is 0. The third-order valence-corrected chi connectivity index (χ3v) is 2.33. The van der Waals surface area contributed by atoms with E-state index in [-0.39, 0.29) is 5.97 Å². The van der Waals surface area contributed by atoms with Gasteiger partial charge in [0.15, 0.2) is 0 Å². The van der Waals surface area contributed by atoms with E-state index in [4.69, 9.17) is 4.74 Å². The van der Waals surface area contributed by atoms with E-state index in [1.54, 1.807) is 0 Å². The number of carbonyl (C=O) groups is 1. The standard InChI is InChI=1S/C9H16O2/c1-3-7-5-8(7)6-9(10)11-4-2/h7-8H,3-6H2,1-2H3. The van der Waals surface area contributed by atoms with E-state index in [0.29, 0.717) is 18.9 Å². The molecule has 0 saturated heterocycles. The van der Waals surface area contributed by atoms with E-state index in [9.17, 15) is 4.79 Å². The highest BCUT2D eigenvalue weighted by molar-refractivity contribution is 5.70. The zero-order valence-corrected chi connectivity index (χ0v) is 7.30. The van der Waals surface area contributed by atoms with Crippen LogP contribution in [-0.2, 0) is 9.53 Å². The van der Waals surface area contributed by atoms with Crippen LogP contribution in [0.25, 0.3) is 0 Å². The van der Waals surface area contributed by atoms with Crippen molar-refractivity contribution in [2.24, 2.45) is 11.8 Å². The third-order valence-electron chi connectivity index (χ3n) is 2.33. The number of hydrogen-bond donors (Lipinski definition) is 0. The van der Waals surface area contributed by atoms with Crippen molar-refractivity contribution in [2.75, 3.05) is 6.61 Å². The highest BCUT2D eigenvalue weighted by atomic mass is 16.5. The smallest absolute Gasteiger partial charge is 0.306 e. The minimum atomic E-state index is -0.0200. The van der Waals surface area contributed by atoms with Gasteiger partial charge in [-0.05, 0) is 25.2 Å². The summed E-state index contributed by atoms with van der Waals surface area (Å²) in [5.74, 6) is 1.42. The Morgan fingerprint density at radius 2 is 2.18 bits per heavy atom. The SMILES string of the molecule is CCOC(=O)CC1CC1CC. The molecular weight excluding hydrogens is 140 g/mol. The van der Waals surface area contributed by atoms with Crippen molar-refractivity contribution in [3.8, 4) is 0 Å². The van der Waals surface area contributed by atoms with E-state index in [0.717, 1.165) is 5.92 Å². The van der Waals surface area contributed by atoms with Crippen LogP contribution in [0.1, 0.15) is 33.1 Å². The number of carbonyl (C=O) groups excluding carboxylic acids is 1. The van der Waals surface area contributed by atoms with Crippen LogP contribution in [-0.4, -0.2) is 12.6 Å². The zero-order valence-electron chi connectivity index (χ0n) is 7.30. The summed E-state index contributed by atoms with van der Waals surface area (Å²) in [5, 5.41) is 0. The van der Waals surface area contributed by atoms with Gasteiger partial charge in [-0.15, -0.1) is 0 Å². The summed E-state index contributed by atoms with van der Waals surface area (Å²) in [5.41, 5.74) is 0. The molecule has 0 aliphatic heterocycles. The lowest BCUT2D eigenvalue weighted by Gasteiger charge is -1.99. The lowest BCUT2D eigenvalue weighted by atomic mass is 10.2. The van der Waals surface area contributed by atoms with Gasteiger partial charge in [0.05, 0.1) is 6.61 Å². The number of ether oxygens (including phenoxy) is 1. The maximum Gasteiger partial charge on any atom is 0.306 e. The largest absolute Gasteiger partial charge is 0.466 e. The molecule has 64 valence electrons. The third kappa shape index (κ3) is 2.52. The van der Waals surface area contributed by atoms with Crippen LogP contribution >= 0.6 is 0 Å². The molecule has 2 unspecified atom stereocenters. The highest BCUT2D eigenvalue weighted by Gasteiger charge is 2.36. The maximum absolute atomic E-state index is 10.9. The molecule has 1 aliphatic carbocycles. The predicted octanol–water partition coefficient (Wildman–Crippen LogP) is 1.99. The van der Waals surface area contributed by atoms with Gasteiger partial charge >= 0.3 is 5.97 Å². The van der Waals surface area contributed by atoms with Gasteiger partial charge in [-0.2, -0.15) is 0 Å². The van der Waals surface area contributed by atoms with Gasteiger partial charge in [0.1, 0.15) is 0 Å². The van der Waals surface area contributed by atoms with Crippen molar-refractivity contribution >= 4 is 5.97 Å². The number of hydrogen-bond acceptors (Lipinski definition) is 2. The molecule has 0 aromatic carbocycles. The Morgan fingerprint density at radius 3 is 2.64 bits per heavy atom. The molecule has 0 radical (unpaired) electrons. The molecule has 1 rings (SSSR count). The van der Waals surface area contributed by atoms with Gasteiger partial charge < -0.3 is 4.74 Å². The molecule has 1 aliphatic rings. The van der Waals surface area contributed by atoms with Crippen LogP contribution in [0.2, 0.25) is 0 Å². The average molecular weight is 156 g/mol. The average Bonchev–Trinajstić information content (AvgIpc) is 2.68. The number of rotatable bonds is 4. The summed E-state index contributed by atoms with van der Waals surface area (Å²) in [7, 11) is 0. The van der Waals surface area contributed by atoms with E-state index >= 15 is 0 Å². The molecular formula is C9H16O2. The van der Waals surface area contributed by atoms with Gasteiger partial charge in [-0.25, -0.2) is 0 Å². The van der Waals surface area contributed by atoms with Crippen LogP contribution in [0, 0.1) is 11.8 Å². The van der Waals surface area contributed by atoms with Gasteiger partial charge in [0.2, 0.25) is 0 Å². The molecule has 2 nitrogen and oxygen atoms in total. The molecule has 0 amide bonds. The van der Waals surface area contributed by atoms with Gasteiger partial charge in [0.25, 0.3) is 0 Å². The fourth-order valence-corrected chi connectivity index (χ4v) is 1.49. The normalized spacial score (nSPS) is 28.2. The Labute approximate surface area is 67.9 Å². The van der Waals surface area contributed by atoms with Crippen LogP contribution in [0.5, 0.6) is 0 Å². The molecule has 0 heterocycles. The second kappa shape index (κ2) is 3.74. The Hall–Kier alpha value is -0.530.